The molecule has 4 nitrogen and oxygen atoms in total. The molecule has 0 amide bonds. The first-order valence-corrected chi connectivity index (χ1v) is 2.70. The molecular formula is C7H10N2O2. The molecule has 0 N–H and O–H groups in total. The largest absolute Gasteiger partial charge is 0.449 e. The van der Waals surface area contributed by atoms with Crippen LogP contribution in [0.3, 0.4) is 0 Å². The molecule has 0 bridgehead atoms. The Morgan fingerprint density at radius 3 is 3.55 bits per heavy atom. The number of aromatic nitrogens is 2. The molecule has 0 saturated carbocycles. The molecule has 0 saturated heterocycles. The monoisotopic (exact) mass is 161 g/mol. The van der Waals surface area contributed by atoms with Crippen LogP contribution < -0.4 is 0 Å². The second kappa shape index (κ2) is 3.75. The van der Waals surface area contributed by atoms with Gasteiger partial charge < -0.3 is 4.74 Å². The third-order valence-electron chi connectivity index (χ3n) is 0.905. The molecule has 11 heavy (non-hydrogen) atoms. The van der Waals surface area contributed by atoms with E-state index >= 15 is 0 Å². The van der Waals surface area contributed by atoms with Gasteiger partial charge >= 0.3 is 6.09 Å². The standard InChI is InChI=1S/C7H10N2O2/c1-2-5-11-7(10)9-4-3-8-6-9/h3-4,6H,2,5H2,1H3/i1D3,2D2,5D2. The Morgan fingerprint density at radius 2 is 2.91 bits per heavy atom. The second-order valence-electron chi connectivity index (χ2n) is 1.56. The van der Waals surface area contributed by atoms with Crippen molar-refractivity contribution < 1.29 is 19.1 Å². The Kier molecular flexibility index (Phi) is 0.894. The molecule has 4 heteroatoms. The first-order chi connectivity index (χ1) is 7.99. The van der Waals surface area contributed by atoms with Gasteiger partial charge in [0.25, 0.3) is 0 Å². The fraction of sp³-hybridized carbons (Fsp3) is 0.429. The maximum absolute atomic E-state index is 11.4. The molecule has 0 spiro atoms. The summed E-state index contributed by atoms with van der Waals surface area (Å²) in [5.74, 6) is 0. The molecule has 0 unspecified atom stereocenters. The third-order valence-corrected chi connectivity index (χ3v) is 0.905. The minimum Gasteiger partial charge on any atom is -0.449 e. The van der Waals surface area contributed by atoms with E-state index in [0.717, 1.165) is 17.1 Å². The van der Waals surface area contributed by atoms with Crippen LogP contribution >= 0.6 is 0 Å². The lowest BCUT2D eigenvalue weighted by atomic mass is 10.5. The molecular weight excluding hydrogens is 144 g/mol. The van der Waals surface area contributed by atoms with Crippen molar-refractivity contribution in [1.82, 2.24) is 9.55 Å². The van der Waals surface area contributed by atoms with Gasteiger partial charge in [0.2, 0.25) is 0 Å². The van der Waals surface area contributed by atoms with Crippen LogP contribution in [0, 0.1) is 0 Å². The van der Waals surface area contributed by atoms with E-state index in [1.54, 1.807) is 0 Å². The normalized spacial score (nSPS) is 22.7. The van der Waals surface area contributed by atoms with Gasteiger partial charge in [0.05, 0.1) is 9.30 Å². The van der Waals surface area contributed by atoms with Crippen LogP contribution in [0.4, 0.5) is 4.79 Å². The van der Waals surface area contributed by atoms with Gasteiger partial charge in [-0.1, -0.05) is 6.85 Å². The van der Waals surface area contributed by atoms with Crippen molar-refractivity contribution in [2.45, 2.75) is 13.2 Å². The minimum atomic E-state index is -3.34. The SMILES string of the molecule is [2H]C([2H])([2H])C([2H])([2H])C([2H])([2H])OC(=O)n1ccnc1. The zero-order valence-corrected chi connectivity index (χ0v) is 5.44. The van der Waals surface area contributed by atoms with Crippen molar-refractivity contribution >= 4 is 6.09 Å². The number of carbonyl (C=O) groups is 1. The van der Waals surface area contributed by atoms with E-state index in [9.17, 15) is 4.79 Å². The summed E-state index contributed by atoms with van der Waals surface area (Å²) in [6.45, 7) is -6.58. The van der Waals surface area contributed by atoms with Crippen LogP contribution in [0.5, 0.6) is 0 Å². The van der Waals surface area contributed by atoms with Crippen LogP contribution in [0.1, 0.15) is 22.8 Å². The van der Waals surface area contributed by atoms with Crippen molar-refractivity contribution in [2.24, 2.45) is 0 Å². The highest BCUT2D eigenvalue weighted by Gasteiger charge is 2.01. The Balaban J connectivity index is 2.92. The first-order valence-electron chi connectivity index (χ1n) is 6.20. The van der Waals surface area contributed by atoms with Crippen molar-refractivity contribution in [1.29, 1.82) is 0 Å². The second-order valence-corrected chi connectivity index (χ2v) is 1.56. The molecule has 0 aliphatic carbocycles. The van der Waals surface area contributed by atoms with E-state index in [2.05, 4.69) is 9.72 Å². The van der Waals surface area contributed by atoms with Gasteiger partial charge in [-0.3, -0.25) is 0 Å². The van der Waals surface area contributed by atoms with Gasteiger partial charge in [0.1, 0.15) is 6.33 Å². The van der Waals surface area contributed by atoms with Gasteiger partial charge in [-0.2, -0.15) is 0 Å². The van der Waals surface area contributed by atoms with E-state index < -0.39 is 25.9 Å². The molecule has 0 aromatic carbocycles. The molecule has 0 radical (unpaired) electrons. The summed E-state index contributed by atoms with van der Waals surface area (Å²) in [6, 6.07) is 0. The zero-order chi connectivity index (χ0) is 14.2. The maximum atomic E-state index is 11.4. The third kappa shape index (κ3) is 2.07. The van der Waals surface area contributed by atoms with E-state index in [-0.39, 0.29) is 0 Å². The van der Waals surface area contributed by atoms with Crippen molar-refractivity contribution in [3.63, 3.8) is 0 Å². The molecule has 1 aromatic heterocycles. The van der Waals surface area contributed by atoms with Crippen LogP contribution in [0.2, 0.25) is 0 Å². The number of imidazole rings is 1. The summed E-state index contributed by atoms with van der Waals surface area (Å²) in [6.07, 6.45) is -1.19. The van der Waals surface area contributed by atoms with Crippen LogP contribution in [0.25, 0.3) is 0 Å². The summed E-state index contributed by atoms with van der Waals surface area (Å²) in [5.41, 5.74) is 0. The molecule has 0 fully saturated rings. The molecule has 0 aliphatic heterocycles. The summed E-state index contributed by atoms with van der Waals surface area (Å²) in [5, 5.41) is 0. The molecule has 0 aliphatic rings. The zero-order valence-electron chi connectivity index (χ0n) is 12.4. The highest BCUT2D eigenvalue weighted by Crippen LogP contribution is 1.90. The van der Waals surface area contributed by atoms with Crippen LogP contribution in [0.15, 0.2) is 18.7 Å². The maximum Gasteiger partial charge on any atom is 0.419 e. The Bertz CT molecular complexity index is 426. The predicted octanol–water partition coefficient (Wildman–Crippen LogP) is 1.28. The molecule has 1 rings (SSSR count). The van der Waals surface area contributed by atoms with E-state index in [0.29, 0.717) is 0 Å². The fourth-order valence-electron chi connectivity index (χ4n) is 0.489. The number of hydrogen-bond acceptors (Lipinski definition) is 3. The smallest absolute Gasteiger partial charge is 0.419 e. The number of hydrogen-bond donors (Lipinski definition) is 0. The fourth-order valence-corrected chi connectivity index (χ4v) is 0.489. The topological polar surface area (TPSA) is 44.1 Å². The van der Waals surface area contributed by atoms with Gasteiger partial charge in [-0.25, -0.2) is 14.3 Å². The Labute approximate surface area is 74.6 Å². The highest BCUT2D eigenvalue weighted by atomic mass is 16.5. The van der Waals surface area contributed by atoms with Crippen molar-refractivity contribution in [2.75, 3.05) is 6.56 Å². The highest BCUT2D eigenvalue weighted by molar-refractivity contribution is 5.69. The Morgan fingerprint density at radius 1 is 2.00 bits per heavy atom. The number of rotatable bonds is 2. The molecule has 1 aromatic rings. The van der Waals surface area contributed by atoms with E-state index in [4.69, 9.17) is 9.60 Å². The minimum absolute atomic E-state index is 0.757. The van der Waals surface area contributed by atoms with E-state index in [1.807, 2.05) is 0 Å². The van der Waals surface area contributed by atoms with Crippen LogP contribution in [-0.4, -0.2) is 22.2 Å². The van der Waals surface area contributed by atoms with Crippen molar-refractivity contribution in [3.8, 4) is 0 Å². The number of nitrogens with zero attached hydrogens (tertiary/aromatic N) is 2. The van der Waals surface area contributed by atoms with Gasteiger partial charge in [-0.15, -0.1) is 0 Å². The van der Waals surface area contributed by atoms with Gasteiger partial charge in [-0.05, 0) is 6.37 Å². The Hall–Kier alpha value is -1.32. The lowest BCUT2D eigenvalue weighted by Gasteiger charge is -2.00. The molecule has 60 valence electrons. The average molecular weight is 161 g/mol. The number of ether oxygens (including phenoxy) is 1. The van der Waals surface area contributed by atoms with E-state index in [1.165, 1.54) is 6.20 Å². The summed E-state index contributed by atoms with van der Waals surface area (Å²) < 4.78 is 54.8. The average Bonchev–Trinajstić information content (AvgIpc) is 2.67. The predicted molar refractivity (Wildman–Crippen MR) is 39.3 cm³/mol. The summed E-state index contributed by atoms with van der Waals surface area (Å²) in [7, 11) is 0. The lowest BCUT2D eigenvalue weighted by molar-refractivity contribution is 0.148. The van der Waals surface area contributed by atoms with Crippen molar-refractivity contribution in [3.05, 3.63) is 18.7 Å². The van der Waals surface area contributed by atoms with Gasteiger partial charge in [0.15, 0.2) is 0 Å². The first kappa shape index (κ1) is 2.62. The van der Waals surface area contributed by atoms with Crippen LogP contribution in [-0.2, 0) is 4.74 Å². The van der Waals surface area contributed by atoms with Gasteiger partial charge in [0, 0.05) is 19.2 Å². The lowest BCUT2D eigenvalue weighted by Crippen LogP contribution is -2.11. The quantitative estimate of drug-likeness (QED) is 0.656. The number of carbonyl (C=O) groups excluding carboxylic acids is 1. The molecule has 1 heterocycles. The summed E-state index contributed by atoms with van der Waals surface area (Å²) >= 11 is 0. The summed E-state index contributed by atoms with van der Waals surface area (Å²) in [4.78, 5) is 14.9. The molecule has 0 atom stereocenters.